The molecule has 1 rings (SSSR count). The molecule has 0 amide bonds. The van der Waals surface area contributed by atoms with Crippen molar-refractivity contribution in [1.29, 1.82) is 0 Å². The first kappa shape index (κ1) is 13.9. The second-order valence-electron chi connectivity index (χ2n) is 3.10. The first-order chi connectivity index (χ1) is 8.42. The molecule has 0 aliphatic carbocycles. The molecule has 1 aromatic rings. The van der Waals surface area contributed by atoms with Gasteiger partial charge in [-0.15, -0.1) is 13.2 Å². The number of carbonyl (C=O) groups is 1. The maximum Gasteiger partial charge on any atom is 0.573 e. The summed E-state index contributed by atoms with van der Waals surface area (Å²) in [6, 6.07) is 5.43. The standard InChI is InChI=1S/C12H9F3O3/c1-17-11(16)8-4-6-9-5-2-3-7-10(9)18-12(13,14)15/h2-3,5,7H,8H2,1H3. The van der Waals surface area contributed by atoms with Crippen LogP contribution < -0.4 is 4.74 Å². The lowest BCUT2D eigenvalue weighted by atomic mass is 10.2. The highest BCUT2D eigenvalue weighted by atomic mass is 19.4. The third kappa shape index (κ3) is 4.78. The average Bonchev–Trinajstić information content (AvgIpc) is 2.29. The lowest BCUT2D eigenvalue weighted by molar-refractivity contribution is -0.274. The van der Waals surface area contributed by atoms with Gasteiger partial charge in [0.1, 0.15) is 12.2 Å². The molecular formula is C12H9F3O3. The molecule has 1 aromatic carbocycles. The molecule has 96 valence electrons. The number of esters is 1. The maximum atomic E-state index is 12.1. The van der Waals surface area contributed by atoms with Crippen LogP contribution in [0.3, 0.4) is 0 Å². The fourth-order valence-corrected chi connectivity index (χ4v) is 1.07. The van der Waals surface area contributed by atoms with E-state index in [1.165, 1.54) is 25.3 Å². The summed E-state index contributed by atoms with van der Waals surface area (Å²) in [5, 5.41) is 0. The van der Waals surface area contributed by atoms with Gasteiger partial charge in [0.2, 0.25) is 0 Å². The Morgan fingerprint density at radius 2 is 2.00 bits per heavy atom. The predicted octanol–water partition coefficient (Wildman–Crippen LogP) is 2.50. The highest BCUT2D eigenvalue weighted by Gasteiger charge is 2.31. The molecule has 0 N–H and O–H groups in total. The van der Waals surface area contributed by atoms with Gasteiger partial charge in [0.15, 0.2) is 0 Å². The number of benzene rings is 1. The molecule has 0 spiro atoms. The molecular weight excluding hydrogens is 249 g/mol. The molecule has 0 unspecified atom stereocenters. The molecule has 6 heteroatoms. The van der Waals surface area contributed by atoms with E-state index in [1.54, 1.807) is 0 Å². The van der Waals surface area contributed by atoms with E-state index in [9.17, 15) is 18.0 Å². The van der Waals surface area contributed by atoms with E-state index in [0.717, 1.165) is 6.07 Å². The van der Waals surface area contributed by atoms with Crippen LogP contribution in [0.25, 0.3) is 0 Å². The summed E-state index contributed by atoms with van der Waals surface area (Å²) in [5.74, 6) is 3.87. The van der Waals surface area contributed by atoms with Gasteiger partial charge in [-0.1, -0.05) is 24.0 Å². The van der Waals surface area contributed by atoms with Crippen LogP contribution in [0.5, 0.6) is 5.75 Å². The molecule has 18 heavy (non-hydrogen) atoms. The monoisotopic (exact) mass is 258 g/mol. The Kier molecular flexibility index (Phi) is 4.60. The van der Waals surface area contributed by atoms with Crippen LogP contribution in [-0.2, 0) is 9.53 Å². The van der Waals surface area contributed by atoms with Crippen LogP contribution in [0.15, 0.2) is 24.3 Å². The Morgan fingerprint density at radius 1 is 1.33 bits per heavy atom. The second-order valence-corrected chi connectivity index (χ2v) is 3.10. The molecule has 0 aromatic heterocycles. The van der Waals surface area contributed by atoms with Gasteiger partial charge in [-0.3, -0.25) is 4.79 Å². The van der Waals surface area contributed by atoms with Crippen molar-refractivity contribution in [2.45, 2.75) is 12.8 Å². The van der Waals surface area contributed by atoms with Crippen molar-refractivity contribution in [1.82, 2.24) is 0 Å². The Morgan fingerprint density at radius 3 is 2.61 bits per heavy atom. The van der Waals surface area contributed by atoms with Crippen molar-refractivity contribution in [2.24, 2.45) is 0 Å². The molecule has 0 atom stereocenters. The highest BCUT2D eigenvalue weighted by Crippen LogP contribution is 2.25. The molecule has 0 radical (unpaired) electrons. The quantitative estimate of drug-likeness (QED) is 0.604. The number of para-hydroxylation sites is 1. The van der Waals surface area contributed by atoms with Crippen LogP contribution in [0.2, 0.25) is 0 Å². The minimum absolute atomic E-state index is 0.0544. The van der Waals surface area contributed by atoms with Crippen molar-refractivity contribution in [3.8, 4) is 17.6 Å². The van der Waals surface area contributed by atoms with Gasteiger partial charge in [0.05, 0.1) is 12.7 Å². The molecule has 0 aliphatic heterocycles. The smallest absolute Gasteiger partial charge is 0.468 e. The zero-order valence-corrected chi connectivity index (χ0v) is 9.38. The first-order valence-electron chi connectivity index (χ1n) is 4.83. The lowest BCUT2D eigenvalue weighted by Crippen LogP contribution is -2.17. The normalized spacial score (nSPS) is 10.2. The minimum atomic E-state index is -4.78. The molecule has 0 aliphatic rings. The number of carbonyl (C=O) groups excluding carboxylic acids is 1. The number of methoxy groups -OCH3 is 1. The zero-order valence-electron chi connectivity index (χ0n) is 9.38. The summed E-state index contributed by atoms with van der Waals surface area (Å²) in [4.78, 5) is 10.8. The van der Waals surface area contributed by atoms with Gasteiger partial charge in [-0.25, -0.2) is 0 Å². The fourth-order valence-electron chi connectivity index (χ4n) is 1.07. The first-order valence-corrected chi connectivity index (χ1v) is 4.83. The topological polar surface area (TPSA) is 35.5 Å². The predicted molar refractivity (Wildman–Crippen MR) is 56.6 cm³/mol. The van der Waals surface area contributed by atoms with Crippen molar-refractivity contribution < 1.29 is 27.4 Å². The molecule has 0 bridgehead atoms. The van der Waals surface area contributed by atoms with Gasteiger partial charge in [-0.2, -0.15) is 0 Å². The average molecular weight is 258 g/mol. The van der Waals surface area contributed by atoms with E-state index in [4.69, 9.17) is 0 Å². The highest BCUT2D eigenvalue weighted by molar-refractivity contribution is 5.72. The van der Waals surface area contributed by atoms with Gasteiger partial charge >= 0.3 is 12.3 Å². The van der Waals surface area contributed by atoms with Crippen molar-refractivity contribution in [3.05, 3.63) is 29.8 Å². The largest absolute Gasteiger partial charge is 0.573 e. The summed E-state index contributed by atoms with van der Waals surface area (Å²) in [7, 11) is 1.20. The Hall–Kier alpha value is -2.16. The van der Waals surface area contributed by atoms with Gasteiger partial charge in [-0.05, 0) is 12.1 Å². The van der Waals surface area contributed by atoms with E-state index in [0.29, 0.717) is 0 Å². The third-order valence-electron chi connectivity index (χ3n) is 1.80. The summed E-state index contributed by atoms with van der Waals surface area (Å²) in [6.07, 6.45) is -4.98. The number of ether oxygens (including phenoxy) is 2. The zero-order chi connectivity index (χ0) is 13.6. The molecule has 0 heterocycles. The van der Waals surface area contributed by atoms with E-state index < -0.39 is 18.1 Å². The van der Waals surface area contributed by atoms with Crippen LogP contribution >= 0.6 is 0 Å². The van der Waals surface area contributed by atoms with Crippen molar-refractivity contribution in [3.63, 3.8) is 0 Å². The second kappa shape index (κ2) is 5.96. The Balaban J connectivity index is 2.85. The third-order valence-corrected chi connectivity index (χ3v) is 1.80. The molecule has 0 saturated heterocycles. The van der Waals surface area contributed by atoms with Gasteiger partial charge < -0.3 is 9.47 Å². The van der Waals surface area contributed by atoms with Crippen LogP contribution in [0.1, 0.15) is 12.0 Å². The summed E-state index contributed by atoms with van der Waals surface area (Å²) in [6.45, 7) is 0. The fraction of sp³-hybridized carbons (Fsp3) is 0.250. The summed E-state index contributed by atoms with van der Waals surface area (Å²) >= 11 is 0. The Bertz CT molecular complexity index is 483. The lowest BCUT2D eigenvalue weighted by Gasteiger charge is -2.09. The van der Waals surface area contributed by atoms with Gasteiger partial charge in [0.25, 0.3) is 0 Å². The number of hydrogen-bond donors (Lipinski definition) is 0. The van der Waals surface area contributed by atoms with E-state index >= 15 is 0 Å². The SMILES string of the molecule is COC(=O)CC#Cc1ccccc1OC(F)(F)F. The number of alkyl halides is 3. The van der Waals surface area contributed by atoms with Crippen LogP contribution in [0, 0.1) is 11.8 Å². The number of halogens is 3. The van der Waals surface area contributed by atoms with E-state index in [2.05, 4.69) is 21.3 Å². The van der Waals surface area contributed by atoms with Crippen LogP contribution in [-0.4, -0.2) is 19.4 Å². The van der Waals surface area contributed by atoms with Crippen molar-refractivity contribution >= 4 is 5.97 Å². The number of rotatable bonds is 2. The molecule has 0 saturated carbocycles. The van der Waals surface area contributed by atoms with Crippen molar-refractivity contribution in [2.75, 3.05) is 7.11 Å². The van der Waals surface area contributed by atoms with E-state index in [1.807, 2.05) is 0 Å². The Labute approximate surface area is 102 Å². The van der Waals surface area contributed by atoms with E-state index in [-0.39, 0.29) is 12.0 Å². The minimum Gasteiger partial charge on any atom is -0.468 e. The molecule has 0 fully saturated rings. The maximum absolute atomic E-state index is 12.1. The summed E-state index contributed by atoms with van der Waals surface area (Å²) in [5.41, 5.74) is 0.0544. The van der Waals surface area contributed by atoms with Gasteiger partial charge in [0, 0.05) is 0 Å². The summed E-state index contributed by atoms with van der Waals surface area (Å²) < 4.78 is 44.4. The van der Waals surface area contributed by atoms with Crippen LogP contribution in [0.4, 0.5) is 13.2 Å². The number of hydrogen-bond acceptors (Lipinski definition) is 3. The molecule has 3 nitrogen and oxygen atoms in total.